The monoisotopic (exact) mass is 522 g/mol. The first-order valence-corrected chi connectivity index (χ1v) is 14.1. The molecule has 2 bridgehead atoms. The van der Waals surface area contributed by atoms with Crippen molar-refractivity contribution in [2.75, 3.05) is 26.3 Å². The first-order valence-electron chi connectivity index (χ1n) is 14.1. The van der Waals surface area contributed by atoms with Crippen LogP contribution in [0.4, 0.5) is 0 Å². The van der Waals surface area contributed by atoms with Crippen LogP contribution in [0.2, 0.25) is 0 Å². The van der Waals surface area contributed by atoms with Gasteiger partial charge in [-0.3, -0.25) is 9.88 Å². The van der Waals surface area contributed by atoms with E-state index in [-0.39, 0.29) is 5.41 Å². The molecule has 3 fully saturated rings. The Bertz CT molecular complexity index is 1380. The van der Waals surface area contributed by atoms with Crippen molar-refractivity contribution in [3.8, 4) is 17.1 Å². The standard InChI is InChI=1S/C32H34N4O3/c1-2-14-33-28(3-1)22-38-29-12-10-26(11-13-29)32(20-23-4-7-27(32)19-23)25-8-5-24(6-9-25)31-34-30(39-35-31)21-36-15-17-37-18-16-36/h1-3,5-6,8-14,23,27H,4,7,15-22H2/t23?,27-,32+/m1/s1. The Morgan fingerprint density at radius 1 is 0.923 bits per heavy atom. The Morgan fingerprint density at radius 2 is 1.72 bits per heavy atom. The van der Waals surface area contributed by atoms with Crippen molar-refractivity contribution in [2.45, 2.75) is 44.2 Å². The highest BCUT2D eigenvalue weighted by molar-refractivity contribution is 5.57. The van der Waals surface area contributed by atoms with Gasteiger partial charge in [0.05, 0.1) is 25.5 Å². The topological polar surface area (TPSA) is 73.5 Å². The van der Waals surface area contributed by atoms with Crippen LogP contribution in [-0.4, -0.2) is 46.3 Å². The molecule has 0 spiro atoms. The van der Waals surface area contributed by atoms with E-state index >= 15 is 0 Å². The average Bonchev–Trinajstić information content (AvgIpc) is 3.75. The molecule has 7 rings (SSSR count). The zero-order valence-corrected chi connectivity index (χ0v) is 22.2. The molecule has 2 aromatic heterocycles. The number of ether oxygens (including phenoxy) is 2. The van der Waals surface area contributed by atoms with Crippen LogP contribution in [0.25, 0.3) is 11.4 Å². The molecule has 2 saturated carbocycles. The number of fused-ring (bicyclic) bond motifs is 2. The summed E-state index contributed by atoms with van der Waals surface area (Å²) in [5.41, 5.74) is 4.74. The van der Waals surface area contributed by atoms with Crippen LogP contribution >= 0.6 is 0 Å². The van der Waals surface area contributed by atoms with Crippen molar-refractivity contribution in [3.63, 3.8) is 0 Å². The molecule has 7 heteroatoms. The molecule has 2 aliphatic carbocycles. The molecule has 3 heterocycles. The van der Waals surface area contributed by atoms with E-state index in [1.54, 1.807) is 6.20 Å². The Kier molecular flexibility index (Phi) is 6.62. The normalized spacial score (nSPS) is 24.7. The molecule has 0 amide bonds. The molecule has 0 radical (unpaired) electrons. The van der Waals surface area contributed by atoms with Gasteiger partial charge in [-0.15, -0.1) is 0 Å². The summed E-state index contributed by atoms with van der Waals surface area (Å²) < 4.78 is 17.1. The van der Waals surface area contributed by atoms with Crippen molar-refractivity contribution in [3.05, 3.63) is 95.6 Å². The third-order valence-corrected chi connectivity index (χ3v) is 8.92. The second-order valence-electron chi connectivity index (χ2n) is 11.2. The molecular formula is C32H34N4O3. The smallest absolute Gasteiger partial charge is 0.241 e. The van der Waals surface area contributed by atoms with Crippen molar-refractivity contribution < 1.29 is 14.0 Å². The Balaban J connectivity index is 1.11. The molecule has 4 aromatic rings. The van der Waals surface area contributed by atoms with E-state index < -0.39 is 0 Å². The van der Waals surface area contributed by atoms with Crippen LogP contribution < -0.4 is 4.74 Å². The molecule has 2 aromatic carbocycles. The van der Waals surface area contributed by atoms with Crippen LogP contribution in [0.1, 0.15) is 48.4 Å². The highest BCUT2D eigenvalue weighted by Gasteiger charge is 2.52. The zero-order chi connectivity index (χ0) is 26.1. The van der Waals surface area contributed by atoms with E-state index in [2.05, 4.69) is 68.6 Å². The highest BCUT2D eigenvalue weighted by atomic mass is 16.5. The fourth-order valence-electron chi connectivity index (χ4n) is 7.00. The van der Waals surface area contributed by atoms with Crippen LogP contribution in [0.5, 0.6) is 5.75 Å². The summed E-state index contributed by atoms with van der Waals surface area (Å²) >= 11 is 0. The number of hydrogen-bond donors (Lipinski definition) is 0. The highest BCUT2D eigenvalue weighted by Crippen LogP contribution is 2.60. The lowest BCUT2D eigenvalue weighted by Gasteiger charge is -2.39. The summed E-state index contributed by atoms with van der Waals surface area (Å²) in [7, 11) is 0. The molecule has 1 aliphatic heterocycles. The third kappa shape index (κ3) is 4.85. The van der Waals surface area contributed by atoms with Crippen molar-refractivity contribution >= 4 is 0 Å². The fraction of sp³-hybridized carbons (Fsp3) is 0.406. The average molecular weight is 523 g/mol. The molecule has 3 atom stereocenters. The van der Waals surface area contributed by atoms with Crippen LogP contribution in [0.3, 0.4) is 0 Å². The second kappa shape index (κ2) is 10.5. The molecule has 39 heavy (non-hydrogen) atoms. The Hall–Kier alpha value is -3.55. The summed E-state index contributed by atoms with van der Waals surface area (Å²) in [4.78, 5) is 11.3. The van der Waals surface area contributed by atoms with Gasteiger partial charge in [-0.05, 0) is 66.5 Å². The third-order valence-electron chi connectivity index (χ3n) is 8.92. The maximum atomic E-state index is 6.03. The quantitative estimate of drug-likeness (QED) is 0.296. The molecule has 7 nitrogen and oxygen atoms in total. The summed E-state index contributed by atoms with van der Waals surface area (Å²) in [5, 5.41) is 4.28. The van der Waals surface area contributed by atoms with Crippen molar-refractivity contribution in [2.24, 2.45) is 11.8 Å². The minimum Gasteiger partial charge on any atom is -0.487 e. The lowest BCUT2D eigenvalue weighted by atomic mass is 9.64. The predicted molar refractivity (Wildman–Crippen MR) is 147 cm³/mol. The van der Waals surface area contributed by atoms with Crippen molar-refractivity contribution in [1.82, 2.24) is 20.0 Å². The van der Waals surface area contributed by atoms with Crippen molar-refractivity contribution in [1.29, 1.82) is 0 Å². The number of aromatic nitrogens is 3. The van der Waals surface area contributed by atoms with E-state index in [4.69, 9.17) is 14.0 Å². The molecule has 1 unspecified atom stereocenters. The van der Waals surface area contributed by atoms with Gasteiger partial charge in [-0.1, -0.05) is 54.0 Å². The van der Waals surface area contributed by atoms with Gasteiger partial charge >= 0.3 is 0 Å². The largest absolute Gasteiger partial charge is 0.487 e. The first kappa shape index (κ1) is 24.5. The summed E-state index contributed by atoms with van der Waals surface area (Å²) in [5.74, 6) is 3.66. The van der Waals surface area contributed by atoms with Gasteiger partial charge in [-0.25, -0.2) is 0 Å². The second-order valence-corrected chi connectivity index (χ2v) is 11.2. The zero-order valence-electron chi connectivity index (χ0n) is 22.2. The number of morpholine rings is 1. The number of benzene rings is 2. The summed E-state index contributed by atoms with van der Waals surface area (Å²) in [6.07, 6.45) is 6.96. The van der Waals surface area contributed by atoms with Gasteiger partial charge in [0, 0.05) is 30.3 Å². The number of rotatable bonds is 8. The molecule has 200 valence electrons. The van der Waals surface area contributed by atoms with Crippen LogP contribution in [0, 0.1) is 11.8 Å². The van der Waals surface area contributed by atoms with Gasteiger partial charge in [0.1, 0.15) is 12.4 Å². The van der Waals surface area contributed by atoms with Gasteiger partial charge in [0.25, 0.3) is 0 Å². The van der Waals surface area contributed by atoms with Crippen LogP contribution in [-0.2, 0) is 23.3 Å². The summed E-state index contributed by atoms with van der Waals surface area (Å²) in [6, 6.07) is 23.6. The van der Waals surface area contributed by atoms with Gasteiger partial charge < -0.3 is 14.0 Å². The predicted octanol–water partition coefficient (Wildman–Crippen LogP) is 5.65. The first-order chi connectivity index (χ1) is 19.3. The fourth-order valence-corrected chi connectivity index (χ4v) is 7.00. The number of nitrogens with zero attached hydrogens (tertiary/aromatic N) is 4. The Morgan fingerprint density at radius 3 is 2.41 bits per heavy atom. The maximum absolute atomic E-state index is 6.03. The van der Waals surface area contributed by atoms with E-state index in [1.807, 2.05) is 18.2 Å². The number of pyridine rings is 1. The molecular weight excluding hydrogens is 488 g/mol. The van der Waals surface area contributed by atoms with E-state index in [0.29, 0.717) is 30.8 Å². The Labute approximate surface area is 229 Å². The van der Waals surface area contributed by atoms with E-state index in [0.717, 1.165) is 49.2 Å². The van der Waals surface area contributed by atoms with Gasteiger partial charge in [-0.2, -0.15) is 4.98 Å². The SMILES string of the molecule is c1ccc(COc2ccc([C@@]3(c4ccc(-c5noc(CN6CCOCC6)n5)cc4)CC4CC[C@@H]3C4)cc2)nc1. The molecule has 0 N–H and O–H groups in total. The molecule has 3 aliphatic rings. The van der Waals surface area contributed by atoms with E-state index in [9.17, 15) is 0 Å². The lowest BCUT2D eigenvalue weighted by molar-refractivity contribution is 0.0297. The molecule has 1 saturated heterocycles. The van der Waals surface area contributed by atoms with Gasteiger partial charge in [0.15, 0.2) is 0 Å². The maximum Gasteiger partial charge on any atom is 0.241 e. The minimum atomic E-state index is 0.0414. The van der Waals surface area contributed by atoms with Crippen LogP contribution in [0.15, 0.2) is 77.4 Å². The van der Waals surface area contributed by atoms with Gasteiger partial charge in [0.2, 0.25) is 11.7 Å². The van der Waals surface area contributed by atoms with E-state index in [1.165, 1.54) is 36.8 Å². The summed E-state index contributed by atoms with van der Waals surface area (Å²) in [6.45, 7) is 4.45. The lowest BCUT2D eigenvalue weighted by Crippen LogP contribution is -2.35. The minimum absolute atomic E-state index is 0.0414. The number of hydrogen-bond acceptors (Lipinski definition) is 7.